The molecular weight excluding hydrogens is 512 g/mol. The second-order valence-corrected chi connectivity index (χ2v) is 9.42. The summed E-state index contributed by atoms with van der Waals surface area (Å²) in [6.07, 6.45) is 1.51. The predicted octanol–water partition coefficient (Wildman–Crippen LogP) is 5.35. The molecule has 3 aromatic rings. The summed E-state index contributed by atoms with van der Waals surface area (Å²) < 4.78 is 32.2. The van der Waals surface area contributed by atoms with Crippen LogP contribution in [0.3, 0.4) is 0 Å². The molecule has 2 aromatic heterocycles. The Kier molecular flexibility index (Phi) is 9.11. The van der Waals surface area contributed by atoms with Gasteiger partial charge in [0, 0.05) is 23.5 Å². The predicted molar refractivity (Wildman–Crippen MR) is 121 cm³/mol. The zero-order chi connectivity index (χ0) is 23.2. The maximum Gasteiger partial charge on any atom is 0.264 e. The van der Waals surface area contributed by atoms with Gasteiger partial charge in [-0.05, 0) is 31.2 Å². The lowest BCUT2D eigenvalue weighted by Crippen LogP contribution is -2.18. The van der Waals surface area contributed by atoms with E-state index in [9.17, 15) is 13.2 Å². The normalized spacial score (nSPS) is 11.1. The van der Waals surface area contributed by atoms with E-state index in [-0.39, 0.29) is 5.75 Å². The minimum atomic E-state index is -3.66. The molecule has 0 aliphatic heterocycles. The quantitative estimate of drug-likeness (QED) is 0.339. The standard InChI is InChI=1S/C16H9Cl4N3O2.C2H6O3S/c17-9-2-1-3-10(18)14(9)12-7-13(25-23-12)11-6-8(4-5-21-11)22-16(24)15(19)20;1-2-6(3,4)5/h1-7,15H,(H,21,22,24);2H2,1H3,(H,3,4,5). The number of hydrogen-bond acceptors (Lipinski definition) is 6. The summed E-state index contributed by atoms with van der Waals surface area (Å²) in [7, 11) is -3.66. The van der Waals surface area contributed by atoms with Gasteiger partial charge in [-0.25, -0.2) is 0 Å². The summed E-state index contributed by atoms with van der Waals surface area (Å²) in [6.45, 7) is 1.37. The number of halogens is 4. The monoisotopic (exact) mass is 525 g/mol. The lowest BCUT2D eigenvalue weighted by Gasteiger charge is -2.05. The molecule has 2 heterocycles. The van der Waals surface area contributed by atoms with Crippen LogP contribution in [0.1, 0.15) is 6.92 Å². The molecule has 0 radical (unpaired) electrons. The van der Waals surface area contributed by atoms with Gasteiger partial charge in [-0.2, -0.15) is 8.42 Å². The Bertz CT molecular complexity index is 1150. The molecule has 1 amide bonds. The van der Waals surface area contributed by atoms with Crippen LogP contribution in [0.5, 0.6) is 0 Å². The van der Waals surface area contributed by atoms with E-state index in [2.05, 4.69) is 15.5 Å². The van der Waals surface area contributed by atoms with Crippen LogP contribution in [-0.4, -0.2) is 39.6 Å². The first-order chi connectivity index (χ1) is 14.5. The average Bonchev–Trinajstić information content (AvgIpc) is 3.17. The van der Waals surface area contributed by atoms with Crippen molar-refractivity contribution in [3.63, 3.8) is 0 Å². The van der Waals surface area contributed by atoms with E-state index in [0.717, 1.165) is 0 Å². The molecule has 0 unspecified atom stereocenters. The molecule has 166 valence electrons. The van der Waals surface area contributed by atoms with Gasteiger partial charge >= 0.3 is 0 Å². The van der Waals surface area contributed by atoms with Crippen molar-refractivity contribution in [1.29, 1.82) is 0 Å². The number of amides is 1. The number of benzene rings is 1. The number of carbonyl (C=O) groups is 1. The van der Waals surface area contributed by atoms with Crippen LogP contribution in [0.4, 0.5) is 5.69 Å². The van der Waals surface area contributed by atoms with Crippen LogP contribution >= 0.6 is 46.4 Å². The number of rotatable bonds is 5. The Morgan fingerprint density at radius 3 is 2.32 bits per heavy atom. The van der Waals surface area contributed by atoms with Gasteiger partial charge in [-0.3, -0.25) is 14.3 Å². The molecule has 1 aromatic carbocycles. The summed E-state index contributed by atoms with van der Waals surface area (Å²) in [5, 5.41) is 7.46. The highest BCUT2D eigenvalue weighted by Crippen LogP contribution is 2.35. The van der Waals surface area contributed by atoms with Crippen LogP contribution in [-0.2, 0) is 14.9 Å². The topological polar surface area (TPSA) is 122 Å². The smallest absolute Gasteiger partial charge is 0.264 e. The Morgan fingerprint density at radius 1 is 1.16 bits per heavy atom. The fourth-order valence-corrected chi connectivity index (χ4v) is 2.80. The molecule has 0 atom stereocenters. The molecule has 0 aliphatic carbocycles. The zero-order valence-electron chi connectivity index (χ0n) is 15.7. The highest BCUT2D eigenvalue weighted by molar-refractivity contribution is 7.85. The van der Waals surface area contributed by atoms with Crippen molar-refractivity contribution in [1.82, 2.24) is 10.1 Å². The third kappa shape index (κ3) is 7.64. The molecule has 8 nitrogen and oxygen atoms in total. The number of nitrogens with zero attached hydrogens (tertiary/aromatic N) is 2. The SMILES string of the molecule is CCS(=O)(=O)O.O=C(Nc1ccnc(-c2cc(-c3c(Cl)cccc3Cl)no2)c1)C(Cl)Cl. The average molecular weight is 527 g/mol. The van der Waals surface area contributed by atoms with Gasteiger partial charge in [-0.1, -0.05) is 57.6 Å². The van der Waals surface area contributed by atoms with Crippen molar-refractivity contribution in [2.24, 2.45) is 0 Å². The molecule has 0 saturated heterocycles. The molecule has 2 N–H and O–H groups in total. The Labute approximate surface area is 198 Å². The van der Waals surface area contributed by atoms with Crippen molar-refractivity contribution in [3.8, 4) is 22.7 Å². The van der Waals surface area contributed by atoms with Gasteiger partial charge in [-0.15, -0.1) is 0 Å². The summed E-state index contributed by atoms with van der Waals surface area (Å²) in [4.78, 5) is 14.6. The van der Waals surface area contributed by atoms with Crippen LogP contribution in [0.2, 0.25) is 10.0 Å². The molecule has 0 saturated carbocycles. The molecule has 0 fully saturated rings. The van der Waals surface area contributed by atoms with Crippen LogP contribution in [0.25, 0.3) is 22.7 Å². The second kappa shape index (κ2) is 11.1. The lowest BCUT2D eigenvalue weighted by molar-refractivity contribution is -0.114. The van der Waals surface area contributed by atoms with Crippen LogP contribution < -0.4 is 5.32 Å². The third-order valence-electron chi connectivity index (χ3n) is 3.57. The number of carbonyl (C=O) groups excluding carboxylic acids is 1. The molecule has 3 rings (SSSR count). The van der Waals surface area contributed by atoms with E-state index >= 15 is 0 Å². The molecule has 0 bridgehead atoms. The molecule has 0 aliphatic rings. The minimum Gasteiger partial charge on any atom is -0.354 e. The number of hydrogen-bond donors (Lipinski definition) is 2. The van der Waals surface area contributed by atoms with Crippen LogP contribution in [0, 0.1) is 0 Å². The van der Waals surface area contributed by atoms with E-state index in [1.54, 1.807) is 36.4 Å². The number of aromatic nitrogens is 2. The number of anilines is 1. The van der Waals surface area contributed by atoms with Crippen molar-refractivity contribution in [2.45, 2.75) is 11.8 Å². The minimum absolute atomic E-state index is 0.201. The van der Waals surface area contributed by atoms with Gasteiger partial charge in [0.15, 0.2) is 10.6 Å². The summed E-state index contributed by atoms with van der Waals surface area (Å²) >= 11 is 23.4. The van der Waals surface area contributed by atoms with Gasteiger partial charge in [0.1, 0.15) is 11.4 Å². The second-order valence-electron chi connectivity index (χ2n) is 5.76. The highest BCUT2D eigenvalue weighted by Gasteiger charge is 2.16. The Morgan fingerprint density at radius 2 is 1.77 bits per heavy atom. The van der Waals surface area contributed by atoms with E-state index < -0.39 is 20.9 Å². The fraction of sp³-hybridized carbons (Fsp3) is 0.167. The maximum absolute atomic E-state index is 11.6. The van der Waals surface area contributed by atoms with E-state index in [1.807, 2.05) is 0 Å². The summed E-state index contributed by atoms with van der Waals surface area (Å²) in [6, 6.07) is 10.0. The summed E-state index contributed by atoms with van der Waals surface area (Å²) in [5.74, 6) is -0.357. The van der Waals surface area contributed by atoms with E-state index in [1.165, 1.54) is 13.1 Å². The van der Waals surface area contributed by atoms with Gasteiger partial charge in [0.05, 0.1) is 15.8 Å². The Balaban J connectivity index is 0.000000501. The molecular formula is C18H15Cl4N3O5S. The van der Waals surface area contributed by atoms with Gasteiger partial charge in [0.2, 0.25) is 0 Å². The largest absolute Gasteiger partial charge is 0.354 e. The lowest BCUT2D eigenvalue weighted by atomic mass is 10.1. The number of nitrogens with one attached hydrogen (secondary N) is 1. The molecule has 13 heteroatoms. The van der Waals surface area contributed by atoms with Crippen molar-refractivity contribution in [3.05, 3.63) is 52.6 Å². The first kappa shape index (κ1) is 25.4. The fourth-order valence-electron chi connectivity index (χ4n) is 2.10. The third-order valence-corrected chi connectivity index (χ3v) is 5.33. The van der Waals surface area contributed by atoms with Crippen molar-refractivity contribution in [2.75, 3.05) is 11.1 Å². The van der Waals surface area contributed by atoms with Crippen molar-refractivity contribution >= 4 is 68.1 Å². The number of pyridine rings is 1. The maximum atomic E-state index is 11.6. The van der Waals surface area contributed by atoms with Crippen molar-refractivity contribution < 1.29 is 22.3 Å². The molecule has 0 spiro atoms. The van der Waals surface area contributed by atoms with Gasteiger partial charge < -0.3 is 9.84 Å². The van der Waals surface area contributed by atoms with E-state index in [0.29, 0.717) is 38.4 Å². The van der Waals surface area contributed by atoms with E-state index in [4.69, 9.17) is 55.5 Å². The Hall–Kier alpha value is -1.88. The highest BCUT2D eigenvalue weighted by atomic mass is 35.5. The summed E-state index contributed by atoms with van der Waals surface area (Å²) in [5.41, 5.74) is 1.97. The van der Waals surface area contributed by atoms with Gasteiger partial charge in [0.25, 0.3) is 16.0 Å². The number of alkyl halides is 2. The first-order valence-electron chi connectivity index (χ1n) is 8.43. The zero-order valence-corrected chi connectivity index (χ0v) is 19.6. The molecule has 31 heavy (non-hydrogen) atoms. The first-order valence-corrected chi connectivity index (χ1v) is 11.7. The van der Waals surface area contributed by atoms with Crippen LogP contribution in [0.15, 0.2) is 47.1 Å².